The van der Waals surface area contributed by atoms with E-state index in [9.17, 15) is 14.4 Å². The molecule has 0 saturated carbocycles. The molecule has 0 aliphatic carbocycles. The van der Waals surface area contributed by atoms with Gasteiger partial charge in [-0.25, -0.2) is 14.4 Å². The van der Waals surface area contributed by atoms with Crippen LogP contribution in [0.25, 0.3) is 0 Å². The maximum atomic E-state index is 10.6. The van der Waals surface area contributed by atoms with E-state index in [0.717, 1.165) is 33.4 Å². The summed E-state index contributed by atoms with van der Waals surface area (Å²) in [5.74, 6) is -2.78. The van der Waals surface area contributed by atoms with Crippen LogP contribution in [-0.2, 0) is 0 Å². The fraction of sp³-hybridized carbons (Fsp3) is 0.222. The molecular formula is C27H32N2O6. The van der Waals surface area contributed by atoms with Crippen molar-refractivity contribution in [2.24, 2.45) is 0 Å². The zero-order chi connectivity index (χ0) is 27.0. The lowest BCUT2D eigenvalue weighted by molar-refractivity contribution is 0.0686. The predicted molar refractivity (Wildman–Crippen MR) is 137 cm³/mol. The van der Waals surface area contributed by atoms with Crippen molar-refractivity contribution in [3.8, 4) is 0 Å². The van der Waals surface area contributed by atoms with Gasteiger partial charge in [0.2, 0.25) is 0 Å². The second kappa shape index (κ2) is 12.2. The van der Waals surface area contributed by atoms with E-state index in [1.807, 2.05) is 47.6 Å². The number of benzene rings is 3. The molecule has 0 atom stereocenters. The Morgan fingerprint density at radius 2 is 1.09 bits per heavy atom. The molecule has 8 heteroatoms. The molecule has 8 nitrogen and oxygen atoms in total. The van der Waals surface area contributed by atoms with Crippen molar-refractivity contribution < 1.29 is 29.7 Å². The Labute approximate surface area is 204 Å². The largest absolute Gasteiger partial charge is 0.478 e. The number of nitrogen functional groups attached to an aromatic ring is 2. The maximum Gasteiger partial charge on any atom is 0.337 e. The molecule has 0 heterocycles. The van der Waals surface area contributed by atoms with Gasteiger partial charge in [0.25, 0.3) is 0 Å². The van der Waals surface area contributed by atoms with Crippen molar-refractivity contribution >= 4 is 29.3 Å². The molecule has 3 aromatic rings. The number of hydrogen-bond acceptors (Lipinski definition) is 5. The lowest BCUT2D eigenvalue weighted by atomic mass is 10.0. The minimum atomic E-state index is -0.976. The molecule has 0 aromatic heterocycles. The molecule has 0 unspecified atom stereocenters. The predicted octanol–water partition coefficient (Wildman–Crippen LogP) is 5.17. The zero-order valence-electron chi connectivity index (χ0n) is 20.8. The fourth-order valence-electron chi connectivity index (χ4n) is 2.91. The van der Waals surface area contributed by atoms with E-state index in [-0.39, 0.29) is 11.1 Å². The van der Waals surface area contributed by atoms with Gasteiger partial charge in [-0.1, -0.05) is 12.1 Å². The molecule has 0 aliphatic rings. The Morgan fingerprint density at radius 3 is 1.54 bits per heavy atom. The zero-order valence-corrected chi connectivity index (χ0v) is 20.8. The van der Waals surface area contributed by atoms with Gasteiger partial charge in [-0.05, 0) is 105 Å². The topological polar surface area (TPSA) is 164 Å². The van der Waals surface area contributed by atoms with Gasteiger partial charge in [0.15, 0.2) is 0 Å². The van der Waals surface area contributed by atoms with E-state index < -0.39 is 17.9 Å². The SMILES string of the molecule is Cc1cc(C(=O)O)cc(N)c1C.Cc1ccc(C(=O)O)c(N)c1C.Cc1ccc(C(=O)O)cc1C. The summed E-state index contributed by atoms with van der Waals surface area (Å²) >= 11 is 0. The van der Waals surface area contributed by atoms with E-state index in [0.29, 0.717) is 16.9 Å². The molecule has 0 amide bonds. The molecule has 0 aliphatic heterocycles. The Bertz CT molecular complexity index is 1240. The van der Waals surface area contributed by atoms with Crippen molar-refractivity contribution in [3.05, 3.63) is 92.5 Å². The van der Waals surface area contributed by atoms with Crippen LogP contribution in [0.1, 0.15) is 64.5 Å². The van der Waals surface area contributed by atoms with Gasteiger partial charge < -0.3 is 26.8 Å². The lowest BCUT2D eigenvalue weighted by Crippen LogP contribution is -2.04. The van der Waals surface area contributed by atoms with Gasteiger partial charge >= 0.3 is 17.9 Å². The number of hydrogen-bond donors (Lipinski definition) is 5. The minimum absolute atomic E-state index is 0.179. The summed E-state index contributed by atoms with van der Waals surface area (Å²) in [5, 5.41) is 26.0. The third-order valence-corrected chi connectivity index (χ3v) is 5.72. The minimum Gasteiger partial charge on any atom is -0.478 e. The summed E-state index contributed by atoms with van der Waals surface area (Å²) in [6, 6.07) is 11.5. The molecule has 0 spiro atoms. The molecule has 7 N–H and O–H groups in total. The number of aromatic carboxylic acids is 3. The maximum absolute atomic E-state index is 10.6. The summed E-state index contributed by atoms with van der Waals surface area (Å²) < 4.78 is 0. The first-order valence-corrected chi connectivity index (χ1v) is 10.7. The molecular weight excluding hydrogens is 448 g/mol. The second-order valence-electron chi connectivity index (χ2n) is 8.19. The first-order chi connectivity index (χ1) is 16.2. The number of carboxylic acid groups (broad SMARTS) is 3. The van der Waals surface area contributed by atoms with Crippen LogP contribution in [0.4, 0.5) is 11.4 Å². The average molecular weight is 481 g/mol. The summed E-state index contributed by atoms with van der Waals surface area (Å²) in [4.78, 5) is 31.6. The van der Waals surface area contributed by atoms with Crippen molar-refractivity contribution in [1.29, 1.82) is 0 Å². The summed E-state index contributed by atoms with van der Waals surface area (Å²) in [6.45, 7) is 11.3. The van der Waals surface area contributed by atoms with E-state index >= 15 is 0 Å². The van der Waals surface area contributed by atoms with Gasteiger partial charge in [-0.15, -0.1) is 0 Å². The number of anilines is 2. The fourth-order valence-corrected chi connectivity index (χ4v) is 2.91. The molecule has 0 bridgehead atoms. The van der Waals surface area contributed by atoms with Crippen LogP contribution in [0, 0.1) is 41.5 Å². The smallest absolute Gasteiger partial charge is 0.337 e. The molecule has 0 fully saturated rings. The molecule has 0 radical (unpaired) electrons. The Balaban J connectivity index is 0.000000263. The highest BCUT2D eigenvalue weighted by molar-refractivity contribution is 5.94. The Hall–Kier alpha value is -4.33. The third-order valence-electron chi connectivity index (χ3n) is 5.72. The number of nitrogens with two attached hydrogens (primary N) is 2. The number of aryl methyl sites for hydroxylation is 4. The van der Waals surface area contributed by atoms with Gasteiger partial charge in [0.05, 0.1) is 16.7 Å². The highest BCUT2D eigenvalue weighted by Gasteiger charge is 2.10. The molecule has 3 rings (SSSR count). The monoisotopic (exact) mass is 480 g/mol. The van der Waals surface area contributed by atoms with Crippen LogP contribution in [-0.4, -0.2) is 33.2 Å². The number of carboxylic acids is 3. The van der Waals surface area contributed by atoms with Crippen molar-refractivity contribution in [2.45, 2.75) is 41.5 Å². The van der Waals surface area contributed by atoms with Crippen LogP contribution in [0.15, 0.2) is 42.5 Å². The Kier molecular flexibility index (Phi) is 10.0. The molecule has 3 aromatic carbocycles. The molecule has 186 valence electrons. The highest BCUT2D eigenvalue weighted by atomic mass is 16.4. The lowest BCUT2D eigenvalue weighted by Gasteiger charge is -2.06. The van der Waals surface area contributed by atoms with E-state index in [1.165, 1.54) is 12.1 Å². The summed E-state index contributed by atoms with van der Waals surface area (Å²) in [7, 11) is 0. The highest BCUT2D eigenvalue weighted by Crippen LogP contribution is 2.20. The summed E-state index contributed by atoms with van der Waals surface area (Å²) in [5.41, 5.74) is 18.7. The second-order valence-corrected chi connectivity index (χ2v) is 8.19. The number of carbonyl (C=O) groups is 3. The van der Waals surface area contributed by atoms with Crippen LogP contribution >= 0.6 is 0 Å². The Morgan fingerprint density at radius 1 is 0.571 bits per heavy atom. The summed E-state index contributed by atoms with van der Waals surface area (Å²) in [6.07, 6.45) is 0. The van der Waals surface area contributed by atoms with E-state index in [1.54, 1.807) is 24.3 Å². The quantitative estimate of drug-likeness (QED) is 0.320. The van der Waals surface area contributed by atoms with Crippen LogP contribution < -0.4 is 11.5 Å². The van der Waals surface area contributed by atoms with Crippen molar-refractivity contribution in [3.63, 3.8) is 0 Å². The van der Waals surface area contributed by atoms with Gasteiger partial charge in [0.1, 0.15) is 0 Å². The normalized spacial score (nSPS) is 9.77. The van der Waals surface area contributed by atoms with Crippen LogP contribution in [0.5, 0.6) is 0 Å². The molecule has 35 heavy (non-hydrogen) atoms. The van der Waals surface area contributed by atoms with E-state index in [2.05, 4.69) is 0 Å². The van der Waals surface area contributed by atoms with Crippen LogP contribution in [0.3, 0.4) is 0 Å². The van der Waals surface area contributed by atoms with Crippen LogP contribution in [0.2, 0.25) is 0 Å². The standard InChI is InChI=1S/2C9H11NO2.C9H10O2/c1-5-3-7(9(11)12)4-8(10)6(5)2;1-5-3-4-7(9(11)12)8(10)6(5)2;1-6-3-4-8(9(10)11)5-7(6)2/h2*3-4H,10H2,1-2H3,(H,11,12);3-5H,1-2H3,(H,10,11). The third kappa shape index (κ3) is 7.89. The van der Waals surface area contributed by atoms with Gasteiger partial charge in [0, 0.05) is 11.4 Å². The average Bonchev–Trinajstić information content (AvgIpc) is 2.77. The molecule has 0 saturated heterocycles. The first kappa shape index (κ1) is 28.7. The van der Waals surface area contributed by atoms with E-state index in [4.69, 9.17) is 26.8 Å². The van der Waals surface area contributed by atoms with Crippen molar-refractivity contribution in [1.82, 2.24) is 0 Å². The van der Waals surface area contributed by atoms with Gasteiger partial charge in [-0.2, -0.15) is 0 Å². The van der Waals surface area contributed by atoms with Gasteiger partial charge in [-0.3, -0.25) is 0 Å². The first-order valence-electron chi connectivity index (χ1n) is 10.7. The number of rotatable bonds is 3. The van der Waals surface area contributed by atoms with Crippen molar-refractivity contribution in [2.75, 3.05) is 11.5 Å².